The Bertz CT molecular complexity index is 1100. The van der Waals surface area contributed by atoms with E-state index in [2.05, 4.69) is 46.3 Å². The summed E-state index contributed by atoms with van der Waals surface area (Å²) in [6, 6.07) is 12.5. The smallest absolute Gasteiger partial charge is 0.335 e. The van der Waals surface area contributed by atoms with Gasteiger partial charge in [0.2, 0.25) is 5.91 Å². The summed E-state index contributed by atoms with van der Waals surface area (Å²) in [6.45, 7) is 9.03. The lowest BCUT2D eigenvalue weighted by Gasteiger charge is -2.18. The molecule has 1 aliphatic heterocycles. The predicted octanol–water partition coefficient (Wildman–Crippen LogP) is 2.18. The number of carbonyl (C=O) groups excluding carboxylic acids is 1. The van der Waals surface area contributed by atoms with Crippen molar-refractivity contribution >= 4 is 35.1 Å². The van der Waals surface area contributed by atoms with Crippen LogP contribution in [0.2, 0.25) is 5.02 Å². The number of aliphatic hydroxyl groups excluding tert-OH is 2. The zero-order valence-electron chi connectivity index (χ0n) is 21.8. The van der Waals surface area contributed by atoms with Crippen LogP contribution in [0.25, 0.3) is 0 Å². The lowest BCUT2D eigenvalue weighted by Crippen LogP contribution is -2.39. The maximum atomic E-state index is 12.0. The molecule has 0 spiro atoms. The fraction of sp³-hybridized carbons (Fsp3) is 0.444. The average Bonchev–Trinajstić information content (AvgIpc) is 3.11. The summed E-state index contributed by atoms with van der Waals surface area (Å²) in [5.74, 6) is -3.48. The van der Waals surface area contributed by atoms with Crippen molar-refractivity contribution in [1.82, 2.24) is 10.6 Å². The minimum absolute atomic E-state index is 0.0622. The molecule has 208 valence electrons. The van der Waals surface area contributed by atoms with Gasteiger partial charge in [-0.3, -0.25) is 4.79 Å². The molecule has 0 saturated carbocycles. The van der Waals surface area contributed by atoms with Crippen LogP contribution in [0.3, 0.4) is 0 Å². The second kappa shape index (κ2) is 14.1. The summed E-state index contributed by atoms with van der Waals surface area (Å²) < 4.78 is 0. The first kappa shape index (κ1) is 31.0. The number of halogens is 1. The van der Waals surface area contributed by atoms with Crippen LogP contribution >= 0.6 is 11.6 Å². The van der Waals surface area contributed by atoms with Gasteiger partial charge < -0.3 is 36.4 Å². The molecule has 0 aromatic heterocycles. The van der Waals surface area contributed by atoms with Gasteiger partial charge in [0, 0.05) is 18.5 Å². The van der Waals surface area contributed by atoms with Crippen LogP contribution in [-0.2, 0) is 40.3 Å². The molecule has 0 saturated heterocycles. The molecule has 0 bridgehead atoms. The van der Waals surface area contributed by atoms with Gasteiger partial charge in [-0.15, -0.1) is 0 Å². The maximum Gasteiger partial charge on any atom is 0.335 e. The Morgan fingerprint density at radius 2 is 1.42 bits per heavy atom. The van der Waals surface area contributed by atoms with Gasteiger partial charge >= 0.3 is 11.9 Å². The number of fused-ring (bicyclic) bond motifs is 1. The van der Waals surface area contributed by atoms with Gasteiger partial charge in [0.25, 0.3) is 0 Å². The summed E-state index contributed by atoms with van der Waals surface area (Å²) in [5, 5.41) is 43.3. The van der Waals surface area contributed by atoms with Crippen molar-refractivity contribution in [2.45, 2.75) is 58.9 Å². The first-order valence-electron chi connectivity index (χ1n) is 12.2. The molecule has 3 rings (SSSR count). The lowest BCUT2D eigenvalue weighted by atomic mass is 9.95. The Labute approximate surface area is 227 Å². The zero-order valence-corrected chi connectivity index (χ0v) is 22.5. The number of hydrogen-bond donors (Lipinski definition) is 7. The highest BCUT2D eigenvalue weighted by atomic mass is 35.5. The van der Waals surface area contributed by atoms with Crippen LogP contribution in [0.4, 0.5) is 5.69 Å². The summed E-state index contributed by atoms with van der Waals surface area (Å²) >= 11 is 6.49. The van der Waals surface area contributed by atoms with Crippen LogP contribution < -0.4 is 16.0 Å². The van der Waals surface area contributed by atoms with Gasteiger partial charge in [-0.25, -0.2) is 9.59 Å². The third-order valence-electron chi connectivity index (χ3n) is 5.91. The van der Waals surface area contributed by atoms with E-state index >= 15 is 0 Å². The van der Waals surface area contributed by atoms with Crippen molar-refractivity contribution in [3.8, 4) is 0 Å². The molecule has 2 atom stereocenters. The molecule has 0 radical (unpaired) electrons. The number of carbonyl (C=O) groups is 3. The van der Waals surface area contributed by atoms with E-state index in [9.17, 15) is 14.4 Å². The quantitative estimate of drug-likeness (QED) is 0.261. The first-order chi connectivity index (χ1) is 17.8. The van der Waals surface area contributed by atoms with E-state index in [-0.39, 0.29) is 11.3 Å². The van der Waals surface area contributed by atoms with Crippen molar-refractivity contribution in [3.05, 3.63) is 63.7 Å². The van der Waals surface area contributed by atoms with Gasteiger partial charge in [-0.05, 0) is 54.3 Å². The fourth-order valence-electron chi connectivity index (χ4n) is 3.62. The number of aliphatic carboxylic acids is 2. The molecule has 10 nitrogen and oxygen atoms in total. The maximum absolute atomic E-state index is 12.0. The first-order valence-corrected chi connectivity index (χ1v) is 12.6. The molecule has 2 aromatic carbocycles. The molecule has 0 unspecified atom stereocenters. The Morgan fingerprint density at radius 1 is 0.895 bits per heavy atom. The van der Waals surface area contributed by atoms with Gasteiger partial charge in [-0.2, -0.15) is 0 Å². The summed E-state index contributed by atoms with van der Waals surface area (Å²) in [6.07, 6.45) is -2.50. The number of anilines is 1. The zero-order chi connectivity index (χ0) is 28.5. The third kappa shape index (κ3) is 9.29. The van der Waals surface area contributed by atoms with Crippen LogP contribution in [0.15, 0.2) is 36.4 Å². The second-order valence-electron chi connectivity index (χ2n) is 9.98. The molecule has 2 aromatic rings. The van der Waals surface area contributed by atoms with Crippen LogP contribution in [0.5, 0.6) is 0 Å². The van der Waals surface area contributed by atoms with Crippen LogP contribution in [0, 0.1) is 5.41 Å². The van der Waals surface area contributed by atoms with E-state index < -0.39 is 24.1 Å². The lowest BCUT2D eigenvalue weighted by molar-refractivity contribution is -0.165. The largest absolute Gasteiger partial charge is 0.479 e. The SMILES string of the molecule is CC(C)(C)C(=O)NCc1ccc(CNc2c(Cl)ccc3c2CCNCC3)cc1.O=C(O)[C@H](O)[C@@H](O)C(=O)O. The highest BCUT2D eigenvalue weighted by Gasteiger charge is 2.29. The molecule has 0 aliphatic carbocycles. The molecular weight excluding hydrogens is 514 g/mol. The van der Waals surface area contributed by atoms with Crippen molar-refractivity contribution in [3.63, 3.8) is 0 Å². The van der Waals surface area contributed by atoms with Gasteiger partial charge in [-0.1, -0.05) is 62.7 Å². The van der Waals surface area contributed by atoms with Crippen LogP contribution in [-0.4, -0.2) is 63.6 Å². The monoisotopic (exact) mass is 549 g/mol. The Morgan fingerprint density at radius 3 is 1.95 bits per heavy atom. The summed E-state index contributed by atoms with van der Waals surface area (Å²) in [4.78, 5) is 31.5. The number of aliphatic hydroxyl groups is 2. The molecule has 11 heteroatoms. The number of carboxylic acid groups (broad SMARTS) is 2. The van der Waals surface area contributed by atoms with Crippen LogP contribution in [0.1, 0.15) is 43.0 Å². The topological polar surface area (TPSA) is 168 Å². The number of benzene rings is 2. The van der Waals surface area contributed by atoms with Gasteiger partial charge in [0.1, 0.15) is 0 Å². The summed E-state index contributed by atoms with van der Waals surface area (Å²) in [7, 11) is 0. The normalized spacial score (nSPS) is 14.6. The molecule has 7 N–H and O–H groups in total. The molecule has 1 aliphatic rings. The standard InChI is InChI=1S/C23H30ClN3O.C4H6O6/c1-23(2,3)22(28)27-15-17-6-4-16(5-7-17)14-26-21-19-11-13-25-12-10-18(19)8-9-20(21)24;5-1(3(7)8)2(6)4(9)10/h4-9,25-26H,10-15H2,1-3H3,(H,27,28);1-2,5-6H,(H,7,8)(H,9,10)/t;1-,2-/m.1/s1. The van der Waals surface area contributed by atoms with E-state index in [1.54, 1.807) is 0 Å². The number of rotatable bonds is 8. The van der Waals surface area contributed by atoms with E-state index in [0.29, 0.717) is 6.54 Å². The second-order valence-corrected chi connectivity index (χ2v) is 10.4. The number of carboxylic acids is 2. The van der Waals surface area contributed by atoms with E-state index in [1.807, 2.05) is 26.8 Å². The van der Waals surface area contributed by atoms with Crippen molar-refractivity contribution in [1.29, 1.82) is 0 Å². The summed E-state index contributed by atoms with van der Waals surface area (Å²) in [5.41, 5.74) is 5.68. The fourth-order valence-corrected chi connectivity index (χ4v) is 3.86. The molecular formula is C27H36ClN3O7. The molecule has 0 fully saturated rings. The minimum atomic E-state index is -2.27. The van der Waals surface area contributed by atoms with E-state index in [4.69, 9.17) is 32.0 Å². The van der Waals surface area contributed by atoms with E-state index in [1.165, 1.54) is 16.7 Å². The Hall–Kier alpha value is -3.18. The molecule has 38 heavy (non-hydrogen) atoms. The molecule has 1 amide bonds. The van der Waals surface area contributed by atoms with Crippen molar-refractivity contribution in [2.75, 3.05) is 18.4 Å². The Balaban J connectivity index is 0.000000432. The highest BCUT2D eigenvalue weighted by molar-refractivity contribution is 6.33. The van der Waals surface area contributed by atoms with Gasteiger partial charge in [0.15, 0.2) is 12.2 Å². The predicted molar refractivity (Wildman–Crippen MR) is 144 cm³/mol. The number of amides is 1. The molecule has 1 heterocycles. The van der Waals surface area contributed by atoms with Crippen molar-refractivity contribution < 1.29 is 34.8 Å². The Kier molecular flexibility index (Phi) is 11.5. The highest BCUT2D eigenvalue weighted by Crippen LogP contribution is 2.31. The minimum Gasteiger partial charge on any atom is -0.479 e. The average molecular weight is 550 g/mol. The third-order valence-corrected chi connectivity index (χ3v) is 6.23. The number of nitrogens with one attached hydrogen (secondary N) is 3. The van der Waals surface area contributed by atoms with Gasteiger partial charge in [0.05, 0.1) is 10.7 Å². The number of hydrogen-bond acceptors (Lipinski definition) is 7. The van der Waals surface area contributed by atoms with Crippen molar-refractivity contribution in [2.24, 2.45) is 5.41 Å². The van der Waals surface area contributed by atoms with E-state index in [0.717, 1.165) is 48.7 Å².